The number of aryl methyl sites for hydroxylation is 1. The molecule has 4 rings (SSSR count). The number of halogens is 4. The molecule has 0 aliphatic heterocycles. The molecule has 1 saturated carbocycles. The van der Waals surface area contributed by atoms with E-state index < -0.39 is 23.6 Å². The summed E-state index contributed by atoms with van der Waals surface area (Å²) in [6.07, 6.45) is 10.2. The lowest BCUT2D eigenvalue weighted by Gasteiger charge is -2.29. The van der Waals surface area contributed by atoms with Crippen molar-refractivity contribution in [3.63, 3.8) is 0 Å². The van der Waals surface area contributed by atoms with Gasteiger partial charge in [0.05, 0.1) is 0 Å². The first kappa shape index (κ1) is 27.9. The van der Waals surface area contributed by atoms with Crippen LogP contribution in [0.1, 0.15) is 57.4 Å². The lowest BCUT2D eigenvalue weighted by atomic mass is 9.78. The predicted octanol–water partition coefficient (Wildman–Crippen LogP) is 10.0. The Morgan fingerprint density at radius 3 is 2.05 bits per heavy atom. The molecule has 5 heteroatoms. The molecule has 38 heavy (non-hydrogen) atoms. The van der Waals surface area contributed by atoms with Crippen LogP contribution in [0.5, 0.6) is 5.75 Å². The Morgan fingerprint density at radius 2 is 1.42 bits per heavy atom. The molecule has 3 aromatic carbocycles. The van der Waals surface area contributed by atoms with Crippen LogP contribution in [0, 0.1) is 36.2 Å². The molecule has 0 spiro atoms. The second-order valence-corrected chi connectivity index (χ2v) is 10.5. The summed E-state index contributed by atoms with van der Waals surface area (Å²) in [4.78, 5) is 0. The van der Waals surface area contributed by atoms with Gasteiger partial charge in [0.15, 0.2) is 11.6 Å². The zero-order chi connectivity index (χ0) is 27.1. The van der Waals surface area contributed by atoms with Gasteiger partial charge in [-0.3, -0.25) is 0 Å². The van der Waals surface area contributed by atoms with Crippen LogP contribution in [-0.2, 0) is 0 Å². The summed E-state index contributed by atoms with van der Waals surface area (Å²) in [7, 11) is 0. The summed E-state index contributed by atoms with van der Waals surface area (Å²) in [6, 6.07) is 13.3. The van der Waals surface area contributed by atoms with Crippen LogP contribution in [0.25, 0.3) is 22.3 Å². The first-order valence-electron chi connectivity index (χ1n) is 13.6. The first-order valence-corrected chi connectivity index (χ1v) is 13.6. The highest BCUT2D eigenvalue weighted by Crippen LogP contribution is 2.35. The summed E-state index contributed by atoms with van der Waals surface area (Å²) < 4.78 is 64.1. The number of hydrogen-bond acceptors (Lipinski definition) is 1. The number of rotatable bonds is 10. The molecule has 0 heterocycles. The van der Waals surface area contributed by atoms with Crippen LogP contribution in [0.4, 0.5) is 17.6 Å². The van der Waals surface area contributed by atoms with Crippen molar-refractivity contribution in [2.24, 2.45) is 11.8 Å². The molecule has 0 saturated heterocycles. The van der Waals surface area contributed by atoms with Crippen molar-refractivity contribution in [3.05, 3.63) is 89.8 Å². The highest BCUT2D eigenvalue weighted by molar-refractivity contribution is 5.72. The van der Waals surface area contributed by atoms with Crippen molar-refractivity contribution in [2.45, 2.75) is 65.0 Å². The molecule has 1 nitrogen and oxygen atoms in total. The molecular formula is C33H36F4O. The van der Waals surface area contributed by atoms with E-state index in [0.717, 1.165) is 43.6 Å². The van der Waals surface area contributed by atoms with Crippen LogP contribution in [-0.4, -0.2) is 12.8 Å². The highest BCUT2D eigenvalue weighted by atomic mass is 19.1. The first-order chi connectivity index (χ1) is 18.3. The maximum atomic E-state index is 14.9. The molecule has 1 fully saturated rings. The van der Waals surface area contributed by atoms with Gasteiger partial charge in [0.1, 0.15) is 24.4 Å². The van der Waals surface area contributed by atoms with Gasteiger partial charge in [0, 0.05) is 11.1 Å². The van der Waals surface area contributed by atoms with Gasteiger partial charge in [-0.05, 0) is 85.9 Å². The van der Waals surface area contributed by atoms with Crippen LogP contribution >= 0.6 is 0 Å². The van der Waals surface area contributed by atoms with E-state index in [1.165, 1.54) is 36.8 Å². The van der Waals surface area contributed by atoms with Gasteiger partial charge in [-0.1, -0.05) is 68.2 Å². The smallest absolute Gasteiger partial charge is 0.165 e. The minimum Gasteiger partial charge on any atom is -0.487 e. The summed E-state index contributed by atoms with van der Waals surface area (Å²) in [5.74, 6) is -0.668. The zero-order valence-electron chi connectivity index (χ0n) is 22.2. The lowest BCUT2D eigenvalue weighted by Crippen LogP contribution is -2.21. The summed E-state index contributed by atoms with van der Waals surface area (Å²) in [5.41, 5.74) is 2.00. The number of allylic oxidation sites excluding steroid dienone is 2. The van der Waals surface area contributed by atoms with Gasteiger partial charge in [0.25, 0.3) is 0 Å². The number of hydrogen-bond donors (Lipinski definition) is 0. The van der Waals surface area contributed by atoms with Crippen LogP contribution in [0.3, 0.4) is 0 Å². The average Bonchev–Trinajstić information content (AvgIpc) is 2.89. The Bertz CT molecular complexity index is 1240. The highest BCUT2D eigenvalue weighted by Gasteiger charge is 2.24. The van der Waals surface area contributed by atoms with Crippen molar-refractivity contribution in [3.8, 4) is 28.0 Å². The third-order valence-electron chi connectivity index (χ3n) is 7.60. The van der Waals surface area contributed by atoms with Crippen LogP contribution in [0.15, 0.2) is 66.7 Å². The molecule has 0 aromatic heterocycles. The molecule has 3 aromatic rings. The lowest BCUT2D eigenvalue weighted by molar-refractivity contribution is 0.143. The quantitative estimate of drug-likeness (QED) is 0.189. The van der Waals surface area contributed by atoms with Crippen LogP contribution < -0.4 is 4.74 Å². The second-order valence-electron chi connectivity index (χ2n) is 10.5. The normalized spacial score (nSPS) is 18.6. The van der Waals surface area contributed by atoms with Gasteiger partial charge in [-0.15, -0.1) is 0 Å². The van der Waals surface area contributed by atoms with E-state index in [1.54, 1.807) is 31.2 Å². The van der Waals surface area contributed by atoms with Crippen molar-refractivity contribution < 1.29 is 22.3 Å². The topological polar surface area (TPSA) is 9.23 Å². The number of ether oxygens (including phenoxy) is 1. The summed E-state index contributed by atoms with van der Waals surface area (Å²) in [6.45, 7) is 3.61. The minimum absolute atomic E-state index is 0.0529. The molecule has 0 bridgehead atoms. The van der Waals surface area contributed by atoms with Gasteiger partial charge < -0.3 is 4.74 Å². The molecular weight excluding hydrogens is 488 g/mol. The van der Waals surface area contributed by atoms with E-state index >= 15 is 0 Å². The fourth-order valence-corrected chi connectivity index (χ4v) is 5.42. The standard InChI is InChI=1S/C33H36F4O/c1-3-4-5-6-23-8-10-24(11-9-23)18-27(34)21-38-33-16-13-26(20-32(33)37)29-15-12-25(19-31(29)36)28-14-7-22(2)17-30(28)35/h3-4,7,12-17,19-20,23-24,27H,5-6,8-11,18,21H2,1-2H3. The van der Waals surface area contributed by atoms with E-state index in [1.807, 2.05) is 6.92 Å². The van der Waals surface area contributed by atoms with Crippen LogP contribution in [0.2, 0.25) is 0 Å². The van der Waals surface area contributed by atoms with Gasteiger partial charge >= 0.3 is 0 Å². The third-order valence-corrected chi connectivity index (χ3v) is 7.60. The fourth-order valence-electron chi connectivity index (χ4n) is 5.42. The molecule has 202 valence electrons. The molecule has 0 radical (unpaired) electrons. The Morgan fingerprint density at radius 1 is 0.816 bits per heavy atom. The van der Waals surface area contributed by atoms with Crippen molar-refractivity contribution in [1.29, 1.82) is 0 Å². The summed E-state index contributed by atoms with van der Waals surface area (Å²) in [5, 5.41) is 0. The molecule has 1 aliphatic carbocycles. The number of benzene rings is 3. The van der Waals surface area contributed by atoms with Crippen molar-refractivity contribution in [2.75, 3.05) is 6.61 Å². The van der Waals surface area contributed by atoms with E-state index in [4.69, 9.17) is 4.74 Å². The molecule has 1 unspecified atom stereocenters. The largest absolute Gasteiger partial charge is 0.487 e. The SMILES string of the molecule is CC=CCCC1CCC(CC(F)COc2ccc(-c3ccc(-c4ccc(C)cc4F)cc3F)cc2F)CC1. The predicted molar refractivity (Wildman–Crippen MR) is 146 cm³/mol. The van der Waals surface area contributed by atoms with Gasteiger partial charge in [-0.25, -0.2) is 17.6 Å². The maximum absolute atomic E-state index is 14.9. The second kappa shape index (κ2) is 13.1. The molecule has 0 N–H and O–H groups in total. The maximum Gasteiger partial charge on any atom is 0.165 e. The molecule has 1 atom stereocenters. The Balaban J connectivity index is 1.31. The summed E-state index contributed by atoms with van der Waals surface area (Å²) >= 11 is 0. The van der Waals surface area contributed by atoms with Crippen molar-refractivity contribution in [1.82, 2.24) is 0 Å². The molecule has 0 amide bonds. The average molecular weight is 525 g/mol. The zero-order valence-corrected chi connectivity index (χ0v) is 22.2. The minimum atomic E-state index is -1.16. The number of alkyl halides is 1. The monoisotopic (exact) mass is 524 g/mol. The van der Waals surface area contributed by atoms with Crippen molar-refractivity contribution >= 4 is 0 Å². The van der Waals surface area contributed by atoms with Gasteiger partial charge in [0.2, 0.25) is 0 Å². The van der Waals surface area contributed by atoms with E-state index in [9.17, 15) is 17.6 Å². The molecule has 1 aliphatic rings. The Kier molecular flexibility index (Phi) is 9.65. The third kappa shape index (κ3) is 7.27. The Labute approximate surface area is 223 Å². The Hall–Kier alpha value is -3.08. The van der Waals surface area contributed by atoms with Gasteiger partial charge in [-0.2, -0.15) is 0 Å². The fraction of sp³-hybridized carbons (Fsp3) is 0.394. The van der Waals surface area contributed by atoms with E-state index in [-0.39, 0.29) is 17.9 Å². The van der Waals surface area contributed by atoms with E-state index in [2.05, 4.69) is 12.2 Å². The van der Waals surface area contributed by atoms with E-state index in [0.29, 0.717) is 29.0 Å².